The van der Waals surface area contributed by atoms with E-state index in [9.17, 15) is 0 Å². The molecule has 2 aliphatic rings. The molecule has 0 fully saturated rings. The van der Waals surface area contributed by atoms with Gasteiger partial charge in [0.25, 0.3) is 0 Å². The summed E-state index contributed by atoms with van der Waals surface area (Å²) in [6.45, 7) is 1.18. The zero-order chi connectivity index (χ0) is 18.5. The molecule has 2 aliphatic heterocycles. The summed E-state index contributed by atoms with van der Waals surface area (Å²) >= 11 is 0. The second-order valence-electron chi connectivity index (χ2n) is 7.21. The maximum absolute atomic E-state index is 6.20. The van der Waals surface area contributed by atoms with Crippen LogP contribution >= 0.6 is 0 Å². The van der Waals surface area contributed by atoms with Crippen molar-refractivity contribution in [1.82, 2.24) is 0 Å². The first-order valence-electron chi connectivity index (χ1n) is 9.61. The minimum Gasteiger partial charge on any atom is -0.488 e. The van der Waals surface area contributed by atoms with Crippen LogP contribution in [-0.2, 0) is 0 Å². The molecule has 0 aliphatic carbocycles. The molecule has 2 heterocycles. The molecular weight excluding hydrogens is 344 g/mol. The predicted molar refractivity (Wildman–Crippen MR) is 116 cm³/mol. The van der Waals surface area contributed by atoms with Gasteiger partial charge in [0.05, 0.1) is 0 Å². The molecular formula is C26H18O2. The fourth-order valence-electron chi connectivity index (χ4n) is 4.37. The van der Waals surface area contributed by atoms with Gasteiger partial charge >= 0.3 is 0 Å². The molecule has 0 spiro atoms. The predicted octanol–water partition coefficient (Wildman–Crippen LogP) is 6.47. The van der Waals surface area contributed by atoms with E-state index < -0.39 is 0 Å². The molecule has 134 valence electrons. The number of rotatable bonds is 1. The third kappa shape index (κ3) is 2.21. The highest BCUT2D eigenvalue weighted by atomic mass is 16.5. The van der Waals surface area contributed by atoms with Crippen molar-refractivity contribution < 1.29 is 9.47 Å². The zero-order valence-corrected chi connectivity index (χ0v) is 15.3. The number of benzene rings is 4. The molecule has 0 N–H and O–H groups in total. The van der Waals surface area contributed by atoms with Gasteiger partial charge in [-0.25, -0.2) is 0 Å². The van der Waals surface area contributed by atoms with Gasteiger partial charge in [-0.1, -0.05) is 60.7 Å². The lowest BCUT2D eigenvalue weighted by Crippen LogP contribution is -2.06. The molecule has 4 aromatic rings. The molecule has 0 radical (unpaired) electrons. The van der Waals surface area contributed by atoms with Crippen molar-refractivity contribution in [3.8, 4) is 22.6 Å². The van der Waals surface area contributed by atoms with Crippen LogP contribution in [0.3, 0.4) is 0 Å². The first kappa shape index (κ1) is 15.5. The molecule has 2 heteroatoms. The highest BCUT2D eigenvalue weighted by Gasteiger charge is 2.24. The number of fused-ring (bicyclic) bond motifs is 4. The summed E-state index contributed by atoms with van der Waals surface area (Å²) in [5.41, 5.74) is 4.49. The van der Waals surface area contributed by atoms with Crippen LogP contribution in [0.1, 0.15) is 11.1 Å². The van der Waals surface area contributed by atoms with Crippen molar-refractivity contribution in [2.75, 3.05) is 13.2 Å². The SMILES string of the molecule is C1=Cc2cc3ccccc3c(-c3c4c(cc5ccccc35)C=CCO4)c2OC1. The quantitative estimate of drug-likeness (QED) is 0.386. The molecule has 2 nitrogen and oxygen atoms in total. The minimum atomic E-state index is 0.589. The number of ether oxygens (including phenoxy) is 2. The van der Waals surface area contributed by atoms with E-state index >= 15 is 0 Å². The van der Waals surface area contributed by atoms with E-state index in [0.717, 1.165) is 33.8 Å². The van der Waals surface area contributed by atoms with E-state index in [4.69, 9.17) is 9.47 Å². The highest BCUT2D eigenvalue weighted by Crippen LogP contribution is 2.49. The summed E-state index contributed by atoms with van der Waals surface area (Å²) in [6.07, 6.45) is 8.46. The summed E-state index contributed by atoms with van der Waals surface area (Å²) in [5, 5.41) is 4.79. The van der Waals surface area contributed by atoms with Crippen molar-refractivity contribution >= 4 is 33.7 Å². The lowest BCUT2D eigenvalue weighted by Gasteiger charge is -2.24. The summed E-state index contributed by atoms with van der Waals surface area (Å²) in [6, 6.07) is 21.5. The first-order chi connectivity index (χ1) is 13.9. The van der Waals surface area contributed by atoms with Gasteiger partial charge in [0, 0.05) is 22.3 Å². The number of hydrogen-bond donors (Lipinski definition) is 0. The Morgan fingerprint density at radius 2 is 1.04 bits per heavy atom. The van der Waals surface area contributed by atoms with Gasteiger partial charge in [0.1, 0.15) is 24.7 Å². The zero-order valence-electron chi connectivity index (χ0n) is 15.3. The third-order valence-corrected chi connectivity index (χ3v) is 5.55. The van der Waals surface area contributed by atoms with Crippen LogP contribution < -0.4 is 9.47 Å². The van der Waals surface area contributed by atoms with Gasteiger partial charge < -0.3 is 9.47 Å². The molecule has 0 atom stereocenters. The van der Waals surface area contributed by atoms with E-state index in [1.807, 2.05) is 0 Å². The molecule has 0 saturated carbocycles. The molecule has 0 amide bonds. The van der Waals surface area contributed by atoms with Crippen molar-refractivity contribution in [2.24, 2.45) is 0 Å². The summed E-state index contributed by atoms with van der Waals surface area (Å²) in [5.74, 6) is 1.89. The van der Waals surface area contributed by atoms with Crippen molar-refractivity contribution in [2.45, 2.75) is 0 Å². The Labute approximate surface area is 163 Å². The van der Waals surface area contributed by atoms with Crippen molar-refractivity contribution in [3.63, 3.8) is 0 Å². The van der Waals surface area contributed by atoms with Crippen LogP contribution in [0.5, 0.6) is 11.5 Å². The largest absolute Gasteiger partial charge is 0.488 e. The maximum atomic E-state index is 6.20. The van der Waals surface area contributed by atoms with E-state index in [-0.39, 0.29) is 0 Å². The van der Waals surface area contributed by atoms with Gasteiger partial charge in [-0.05, 0) is 45.8 Å². The second kappa shape index (κ2) is 6.00. The van der Waals surface area contributed by atoms with E-state index in [2.05, 4.69) is 85.0 Å². The molecule has 4 aromatic carbocycles. The van der Waals surface area contributed by atoms with E-state index in [0.29, 0.717) is 13.2 Å². The Morgan fingerprint density at radius 1 is 0.571 bits per heavy atom. The first-order valence-corrected chi connectivity index (χ1v) is 9.61. The molecule has 0 saturated heterocycles. The smallest absolute Gasteiger partial charge is 0.135 e. The monoisotopic (exact) mass is 362 g/mol. The van der Waals surface area contributed by atoms with Gasteiger partial charge in [-0.3, -0.25) is 0 Å². The van der Waals surface area contributed by atoms with Crippen LogP contribution in [0, 0.1) is 0 Å². The van der Waals surface area contributed by atoms with Crippen LogP contribution in [0.15, 0.2) is 72.8 Å². The number of hydrogen-bond acceptors (Lipinski definition) is 2. The lowest BCUT2D eigenvalue weighted by atomic mass is 9.88. The van der Waals surface area contributed by atoms with Gasteiger partial charge in [-0.2, -0.15) is 0 Å². The minimum absolute atomic E-state index is 0.589. The normalized spacial score (nSPS) is 14.4. The highest BCUT2D eigenvalue weighted by molar-refractivity contribution is 6.12. The van der Waals surface area contributed by atoms with Crippen LogP contribution in [0.4, 0.5) is 0 Å². The van der Waals surface area contributed by atoms with Gasteiger partial charge in [0.15, 0.2) is 0 Å². The fourth-order valence-corrected chi connectivity index (χ4v) is 4.37. The summed E-state index contributed by atoms with van der Waals surface area (Å²) in [4.78, 5) is 0. The molecule has 0 aromatic heterocycles. The molecule has 0 bridgehead atoms. The standard InChI is InChI=1S/C26H18O2/c1-3-11-21-17(7-1)15-19-9-5-13-27-25(19)23(21)24-22-12-4-2-8-18(22)16-20-10-6-14-28-26(20)24/h1-12,15-16H,13-14H2. The Hall–Kier alpha value is -3.52. The molecule has 6 rings (SSSR count). The summed E-state index contributed by atoms with van der Waals surface area (Å²) in [7, 11) is 0. The Morgan fingerprint density at radius 3 is 1.54 bits per heavy atom. The Balaban J connectivity index is 1.84. The average molecular weight is 362 g/mol. The van der Waals surface area contributed by atoms with Crippen molar-refractivity contribution in [1.29, 1.82) is 0 Å². The van der Waals surface area contributed by atoms with E-state index in [1.165, 1.54) is 21.5 Å². The Bertz CT molecular complexity index is 1210. The molecule has 28 heavy (non-hydrogen) atoms. The third-order valence-electron chi connectivity index (χ3n) is 5.55. The molecule has 0 unspecified atom stereocenters. The van der Waals surface area contributed by atoms with Crippen LogP contribution in [0.25, 0.3) is 44.8 Å². The maximum Gasteiger partial charge on any atom is 0.135 e. The average Bonchev–Trinajstić information content (AvgIpc) is 2.76. The van der Waals surface area contributed by atoms with Crippen molar-refractivity contribution in [3.05, 3.63) is 83.9 Å². The van der Waals surface area contributed by atoms with Gasteiger partial charge in [-0.15, -0.1) is 0 Å². The summed E-state index contributed by atoms with van der Waals surface area (Å²) < 4.78 is 12.4. The van der Waals surface area contributed by atoms with Crippen LogP contribution in [0.2, 0.25) is 0 Å². The Kier molecular flexibility index (Phi) is 3.33. The second-order valence-corrected chi connectivity index (χ2v) is 7.21. The fraction of sp³-hybridized carbons (Fsp3) is 0.0769. The van der Waals surface area contributed by atoms with Crippen LogP contribution in [-0.4, -0.2) is 13.2 Å². The topological polar surface area (TPSA) is 18.5 Å². The van der Waals surface area contributed by atoms with E-state index in [1.54, 1.807) is 0 Å². The lowest BCUT2D eigenvalue weighted by molar-refractivity contribution is 0.355. The van der Waals surface area contributed by atoms with Gasteiger partial charge in [0.2, 0.25) is 0 Å².